The molecular weight excluding hydrogens is 608 g/mol. The molecule has 0 unspecified atom stereocenters. The van der Waals surface area contributed by atoms with Gasteiger partial charge in [-0.2, -0.15) is 0 Å². The van der Waals surface area contributed by atoms with Crippen LogP contribution >= 0.6 is 12.2 Å². The molecule has 2 saturated heterocycles. The van der Waals surface area contributed by atoms with Crippen molar-refractivity contribution in [2.75, 3.05) is 31.7 Å². The van der Waals surface area contributed by atoms with Crippen molar-refractivity contribution in [1.82, 2.24) is 5.32 Å². The van der Waals surface area contributed by atoms with Crippen molar-refractivity contribution in [2.45, 2.75) is 125 Å². The van der Waals surface area contributed by atoms with Gasteiger partial charge >= 0.3 is 0 Å². The summed E-state index contributed by atoms with van der Waals surface area (Å²) in [5, 5.41) is 91.4. The lowest BCUT2D eigenvalue weighted by Crippen LogP contribution is -2.82. The number of unbranched alkanes of at least 4 members (excludes halogenated alkanes) is 9. The second-order valence-electron chi connectivity index (χ2n) is 12.0. The first-order valence-electron chi connectivity index (χ1n) is 16.0. The summed E-state index contributed by atoms with van der Waals surface area (Å²) in [6, 6.07) is 6.46. The maximum Gasteiger partial charge on any atom is 0.229 e. The van der Waals surface area contributed by atoms with Gasteiger partial charge in [0.05, 0.1) is 19.8 Å². The summed E-state index contributed by atoms with van der Waals surface area (Å²) in [6.07, 6.45) is -0.286. The summed E-state index contributed by atoms with van der Waals surface area (Å²) in [4.78, 5) is 0. The molecule has 2 aliphatic heterocycles. The van der Waals surface area contributed by atoms with Gasteiger partial charge in [0, 0.05) is 12.2 Å². The molecule has 0 spiro atoms. The van der Waals surface area contributed by atoms with E-state index in [1.807, 2.05) is 0 Å². The van der Waals surface area contributed by atoms with Crippen LogP contribution in [-0.2, 0) is 9.47 Å². The van der Waals surface area contributed by atoms with Crippen molar-refractivity contribution in [3.8, 4) is 5.75 Å². The molecule has 0 amide bonds. The summed E-state index contributed by atoms with van der Waals surface area (Å²) in [5.74, 6) is 0.212. The highest BCUT2D eigenvalue weighted by Crippen LogP contribution is 2.43. The summed E-state index contributed by atoms with van der Waals surface area (Å²) < 4.78 is 16.4. The van der Waals surface area contributed by atoms with Gasteiger partial charge in [-0.1, -0.05) is 64.7 Å². The van der Waals surface area contributed by atoms with Crippen LogP contribution < -0.4 is 15.4 Å². The van der Waals surface area contributed by atoms with Gasteiger partial charge in [-0.3, -0.25) is 0 Å². The van der Waals surface area contributed by atoms with E-state index in [1.165, 1.54) is 51.4 Å². The molecule has 2 heterocycles. The fourth-order valence-corrected chi connectivity index (χ4v) is 6.14. The third kappa shape index (κ3) is 9.23. The van der Waals surface area contributed by atoms with Crippen LogP contribution in [0.1, 0.15) is 71.1 Å². The first-order valence-corrected chi connectivity index (χ1v) is 16.4. The fourth-order valence-electron chi connectivity index (χ4n) is 5.92. The van der Waals surface area contributed by atoms with Gasteiger partial charge in [0.2, 0.25) is 6.29 Å². The minimum atomic E-state index is -2.91. The number of benzene rings is 1. The molecular formula is C31H52N2O11S. The number of anilines is 1. The summed E-state index contributed by atoms with van der Waals surface area (Å²) in [5.41, 5.74) is -5.04. The van der Waals surface area contributed by atoms with Crippen molar-refractivity contribution in [3.05, 3.63) is 24.3 Å². The van der Waals surface area contributed by atoms with Gasteiger partial charge in [-0.25, -0.2) is 0 Å². The van der Waals surface area contributed by atoms with Gasteiger partial charge in [-0.05, 0) is 42.9 Å². The molecule has 0 aliphatic carbocycles. The van der Waals surface area contributed by atoms with Crippen molar-refractivity contribution in [3.63, 3.8) is 0 Å². The van der Waals surface area contributed by atoms with Crippen LogP contribution in [0.25, 0.3) is 0 Å². The molecule has 1 aromatic carbocycles. The molecule has 14 heteroatoms. The summed E-state index contributed by atoms with van der Waals surface area (Å²) >= 11 is 5.38. The molecule has 10 N–H and O–H groups in total. The lowest BCUT2D eigenvalue weighted by molar-refractivity contribution is -0.384. The van der Waals surface area contributed by atoms with E-state index in [1.54, 1.807) is 24.3 Å². The first-order chi connectivity index (χ1) is 21.5. The van der Waals surface area contributed by atoms with E-state index in [4.69, 9.17) is 26.4 Å². The second-order valence-corrected chi connectivity index (χ2v) is 12.4. The van der Waals surface area contributed by atoms with Gasteiger partial charge in [0.1, 0.15) is 42.4 Å². The molecule has 0 aromatic heterocycles. The lowest BCUT2D eigenvalue weighted by atomic mass is 9.67. The quantitative estimate of drug-likeness (QED) is 0.0804. The molecule has 9 atom stereocenters. The normalized spacial score (nSPS) is 33.5. The molecule has 258 valence electrons. The van der Waals surface area contributed by atoms with Crippen LogP contribution in [0.2, 0.25) is 0 Å². The Morgan fingerprint density at radius 3 is 2.04 bits per heavy atom. The smallest absolute Gasteiger partial charge is 0.229 e. The van der Waals surface area contributed by atoms with Crippen molar-refractivity contribution >= 4 is 23.0 Å². The fraction of sp³-hybridized carbons (Fsp3) is 0.774. The molecule has 2 fully saturated rings. The SMILES string of the molecule is CCCCCCCCCCCCNC(=S)Nc1ccc(O[C@H]2O[C@H](CO)[C@@](O)([C@@]3(O)CO[C@H](CO)[C@H](O)[C@@H]3O)[C@H](O)[C@H]2O)cc1. The molecule has 45 heavy (non-hydrogen) atoms. The van der Waals surface area contributed by atoms with Gasteiger partial charge in [0.25, 0.3) is 0 Å². The predicted molar refractivity (Wildman–Crippen MR) is 170 cm³/mol. The monoisotopic (exact) mass is 660 g/mol. The van der Waals surface area contributed by atoms with Crippen LogP contribution in [-0.4, -0.2) is 126 Å². The van der Waals surface area contributed by atoms with E-state index >= 15 is 0 Å². The van der Waals surface area contributed by atoms with Crippen molar-refractivity contribution < 1.29 is 55.1 Å². The molecule has 3 rings (SSSR count). The third-order valence-corrected chi connectivity index (χ3v) is 9.02. The Labute approximate surface area is 270 Å². The van der Waals surface area contributed by atoms with E-state index in [9.17, 15) is 40.9 Å². The molecule has 2 aliphatic rings. The highest BCUT2D eigenvalue weighted by Gasteiger charge is 2.70. The number of aliphatic hydroxyl groups is 8. The van der Waals surface area contributed by atoms with Gasteiger partial charge in [-0.15, -0.1) is 0 Å². The Morgan fingerprint density at radius 1 is 0.867 bits per heavy atom. The molecule has 0 saturated carbocycles. The topological polar surface area (TPSA) is 214 Å². The van der Waals surface area contributed by atoms with Crippen LogP contribution in [0.15, 0.2) is 24.3 Å². The zero-order valence-corrected chi connectivity index (χ0v) is 26.8. The molecule has 0 bridgehead atoms. The van der Waals surface area contributed by atoms with Crippen LogP contribution in [0, 0.1) is 0 Å². The minimum Gasteiger partial charge on any atom is -0.462 e. The zero-order chi connectivity index (χ0) is 33.0. The number of thiocarbonyl (C=S) groups is 1. The van der Waals surface area contributed by atoms with Gasteiger partial charge in [0.15, 0.2) is 16.3 Å². The maximum absolute atomic E-state index is 11.4. The number of ether oxygens (including phenoxy) is 3. The first kappa shape index (κ1) is 37.8. The second kappa shape index (κ2) is 18.0. The Balaban J connectivity index is 1.47. The maximum atomic E-state index is 11.4. The minimum absolute atomic E-state index is 0.212. The Bertz CT molecular complexity index is 1020. The van der Waals surface area contributed by atoms with Crippen molar-refractivity contribution in [2.24, 2.45) is 0 Å². The third-order valence-electron chi connectivity index (χ3n) is 8.77. The molecule has 1 aromatic rings. The number of rotatable bonds is 17. The predicted octanol–water partition coefficient (Wildman–Crippen LogP) is 0.287. The largest absolute Gasteiger partial charge is 0.462 e. The average molecular weight is 661 g/mol. The standard InChI is InChI=1S/C31H52N2O11S/c1-2-3-4-5-6-7-8-9-10-11-16-32-29(45)33-20-12-14-21(15-13-20)43-28-25(37)27(39)31(41,23(18-35)44-28)30(40)19-42-22(17-34)24(36)26(30)38/h12-15,22-28,34-41H,2-11,16-19H2,1H3,(H2,32,33,45)/t22-,23-,24+,25-,26+,27-,28+,30-,31+/m1/s1. The Morgan fingerprint density at radius 2 is 1.47 bits per heavy atom. The highest BCUT2D eigenvalue weighted by molar-refractivity contribution is 7.80. The Kier molecular flexibility index (Phi) is 15.1. The van der Waals surface area contributed by atoms with E-state index in [-0.39, 0.29) is 5.75 Å². The van der Waals surface area contributed by atoms with Gasteiger partial charge < -0.3 is 65.7 Å². The van der Waals surface area contributed by atoms with Crippen molar-refractivity contribution in [1.29, 1.82) is 0 Å². The van der Waals surface area contributed by atoms with E-state index in [0.717, 1.165) is 19.4 Å². The number of hydrogen-bond acceptors (Lipinski definition) is 12. The van der Waals surface area contributed by atoms with Crippen LogP contribution in [0.5, 0.6) is 5.75 Å². The van der Waals surface area contributed by atoms with E-state index in [2.05, 4.69) is 17.6 Å². The summed E-state index contributed by atoms with van der Waals surface area (Å²) in [7, 11) is 0. The van der Waals surface area contributed by atoms with Crippen LogP contribution in [0.4, 0.5) is 5.69 Å². The number of hydrogen-bond donors (Lipinski definition) is 10. The molecule has 13 nitrogen and oxygen atoms in total. The highest BCUT2D eigenvalue weighted by atomic mass is 32.1. The van der Waals surface area contributed by atoms with Crippen LogP contribution in [0.3, 0.4) is 0 Å². The summed E-state index contributed by atoms with van der Waals surface area (Å²) in [6.45, 7) is 0.477. The average Bonchev–Trinajstić information content (AvgIpc) is 3.03. The Hall–Kier alpha value is -1.69. The molecule has 0 radical (unpaired) electrons. The van der Waals surface area contributed by atoms with E-state index in [0.29, 0.717) is 10.8 Å². The number of nitrogens with one attached hydrogen (secondary N) is 2. The lowest BCUT2D eigenvalue weighted by Gasteiger charge is -2.57. The number of aliphatic hydroxyl groups excluding tert-OH is 6. The zero-order valence-electron chi connectivity index (χ0n) is 26.0. The van der Waals surface area contributed by atoms with E-state index < -0.39 is 73.9 Å².